The summed E-state index contributed by atoms with van der Waals surface area (Å²) in [6.45, 7) is 2.33. The molecule has 3 aromatic carbocycles. The first-order chi connectivity index (χ1) is 15.8. The summed E-state index contributed by atoms with van der Waals surface area (Å²) >= 11 is 0. The molecule has 0 aromatic heterocycles. The highest BCUT2D eigenvalue weighted by atomic mass is 32.2. The summed E-state index contributed by atoms with van der Waals surface area (Å²) in [7, 11) is -3.53. The van der Waals surface area contributed by atoms with Gasteiger partial charge in [-0.05, 0) is 66.1 Å². The molecule has 1 amide bonds. The molecule has 170 valence electrons. The summed E-state index contributed by atoms with van der Waals surface area (Å²) in [5.74, 6) is 0.882. The van der Waals surface area contributed by atoms with E-state index in [1.165, 1.54) is 10.5 Å². The Morgan fingerprint density at radius 1 is 1.06 bits per heavy atom. The molecule has 0 aliphatic carbocycles. The lowest BCUT2D eigenvalue weighted by Gasteiger charge is -2.23. The molecule has 0 spiro atoms. The average molecular weight is 466 g/mol. The third-order valence-corrected chi connectivity index (χ3v) is 6.31. The number of aryl methyl sites for hydroxylation is 1. The molecule has 0 bridgehead atoms. The van der Waals surface area contributed by atoms with Crippen LogP contribution in [0.2, 0.25) is 0 Å². The third kappa shape index (κ3) is 5.32. The Balaban J connectivity index is 1.44. The molecule has 9 heteroatoms. The Bertz CT molecular complexity index is 1300. The molecule has 0 saturated carbocycles. The predicted octanol–water partition coefficient (Wildman–Crippen LogP) is 3.45. The average Bonchev–Trinajstić information content (AvgIpc) is 3.26. The number of hydrogen-bond donors (Lipinski definition) is 1. The van der Waals surface area contributed by atoms with Crippen molar-refractivity contribution in [2.24, 2.45) is 5.10 Å². The van der Waals surface area contributed by atoms with Gasteiger partial charge in [-0.15, -0.1) is 0 Å². The zero-order valence-corrected chi connectivity index (χ0v) is 19.0. The fraction of sp³-hybridized carbons (Fsp3) is 0.167. The van der Waals surface area contributed by atoms with Crippen LogP contribution in [-0.4, -0.2) is 33.6 Å². The molecule has 0 fully saturated rings. The SMILES string of the molecule is Cc1ccccc1CN(c1ccc(C(=O)N/N=C\c2ccc3c(c2)OCO3)cc1)S(C)(=O)=O. The smallest absolute Gasteiger partial charge is 0.271 e. The van der Waals surface area contributed by atoms with Crippen LogP contribution in [0.3, 0.4) is 0 Å². The van der Waals surface area contributed by atoms with Crippen LogP contribution in [0.25, 0.3) is 0 Å². The van der Waals surface area contributed by atoms with E-state index in [9.17, 15) is 13.2 Å². The van der Waals surface area contributed by atoms with Crippen LogP contribution in [0.5, 0.6) is 11.5 Å². The number of fused-ring (bicyclic) bond motifs is 1. The lowest BCUT2D eigenvalue weighted by molar-refractivity contribution is 0.0955. The first-order valence-electron chi connectivity index (χ1n) is 10.2. The number of amides is 1. The van der Waals surface area contributed by atoms with Crippen LogP contribution >= 0.6 is 0 Å². The minimum atomic E-state index is -3.53. The number of rotatable bonds is 7. The summed E-state index contributed by atoms with van der Waals surface area (Å²) < 4.78 is 36.7. The maximum Gasteiger partial charge on any atom is 0.271 e. The van der Waals surface area contributed by atoms with Gasteiger partial charge in [0.2, 0.25) is 16.8 Å². The number of benzene rings is 3. The lowest BCUT2D eigenvalue weighted by atomic mass is 10.1. The molecule has 0 atom stereocenters. The fourth-order valence-corrected chi connectivity index (χ4v) is 4.22. The van der Waals surface area contributed by atoms with E-state index < -0.39 is 15.9 Å². The molecule has 1 N–H and O–H groups in total. The highest BCUT2D eigenvalue weighted by Crippen LogP contribution is 2.32. The zero-order valence-electron chi connectivity index (χ0n) is 18.2. The van der Waals surface area contributed by atoms with E-state index in [2.05, 4.69) is 10.5 Å². The summed E-state index contributed by atoms with van der Waals surface area (Å²) in [5.41, 5.74) is 5.95. The van der Waals surface area contributed by atoms with Crippen molar-refractivity contribution in [3.63, 3.8) is 0 Å². The topological polar surface area (TPSA) is 97.3 Å². The largest absolute Gasteiger partial charge is 0.454 e. The van der Waals surface area contributed by atoms with Gasteiger partial charge in [-0.1, -0.05) is 24.3 Å². The minimum Gasteiger partial charge on any atom is -0.454 e. The van der Waals surface area contributed by atoms with Crippen molar-refractivity contribution < 1.29 is 22.7 Å². The molecule has 8 nitrogen and oxygen atoms in total. The number of nitrogens with one attached hydrogen (secondary N) is 1. The predicted molar refractivity (Wildman–Crippen MR) is 126 cm³/mol. The van der Waals surface area contributed by atoms with Gasteiger partial charge in [0.1, 0.15) is 0 Å². The first kappa shape index (κ1) is 22.3. The highest BCUT2D eigenvalue weighted by molar-refractivity contribution is 7.92. The van der Waals surface area contributed by atoms with Gasteiger partial charge in [0, 0.05) is 5.56 Å². The quantitative estimate of drug-likeness (QED) is 0.426. The van der Waals surface area contributed by atoms with Crippen molar-refractivity contribution in [2.75, 3.05) is 17.4 Å². The number of carbonyl (C=O) groups excluding carboxylic acids is 1. The van der Waals surface area contributed by atoms with E-state index in [1.54, 1.807) is 42.5 Å². The summed E-state index contributed by atoms with van der Waals surface area (Å²) in [4.78, 5) is 12.4. The minimum absolute atomic E-state index is 0.185. The molecule has 1 aliphatic heterocycles. The van der Waals surface area contributed by atoms with Crippen LogP contribution < -0.4 is 19.2 Å². The maximum atomic E-state index is 12.4. The second kappa shape index (κ2) is 9.33. The van der Waals surface area contributed by atoms with Crippen LogP contribution in [0, 0.1) is 6.92 Å². The van der Waals surface area contributed by atoms with Gasteiger partial charge in [-0.25, -0.2) is 13.8 Å². The number of hydrogen-bond acceptors (Lipinski definition) is 6. The van der Waals surface area contributed by atoms with Crippen molar-refractivity contribution in [1.29, 1.82) is 0 Å². The van der Waals surface area contributed by atoms with Gasteiger partial charge >= 0.3 is 0 Å². The molecule has 1 heterocycles. The molecule has 0 radical (unpaired) electrons. The Morgan fingerprint density at radius 3 is 2.52 bits per heavy atom. The second-order valence-electron chi connectivity index (χ2n) is 7.55. The second-order valence-corrected chi connectivity index (χ2v) is 9.46. The highest BCUT2D eigenvalue weighted by Gasteiger charge is 2.19. The standard InChI is InChI=1S/C24H23N3O5S/c1-17-5-3-4-6-20(17)15-27(33(2,29)30)21-10-8-19(9-11-21)24(28)26-25-14-18-7-12-22-23(13-18)32-16-31-22/h3-14H,15-16H2,1-2H3,(H,26,28)/b25-14-. The van der Waals surface area contributed by atoms with Crippen molar-refractivity contribution in [1.82, 2.24) is 5.43 Å². The maximum absolute atomic E-state index is 12.4. The molecular formula is C24H23N3O5S. The third-order valence-electron chi connectivity index (χ3n) is 5.17. The van der Waals surface area contributed by atoms with E-state index in [4.69, 9.17) is 9.47 Å². The lowest BCUT2D eigenvalue weighted by Crippen LogP contribution is -2.29. The van der Waals surface area contributed by atoms with E-state index in [-0.39, 0.29) is 13.3 Å². The monoisotopic (exact) mass is 465 g/mol. The normalized spacial score (nSPS) is 12.7. The first-order valence-corrected chi connectivity index (χ1v) is 12.0. The van der Waals surface area contributed by atoms with E-state index in [0.717, 1.165) is 22.9 Å². The summed E-state index contributed by atoms with van der Waals surface area (Å²) in [6, 6.07) is 19.3. The van der Waals surface area contributed by atoms with Gasteiger partial charge in [0.15, 0.2) is 11.5 Å². The summed E-state index contributed by atoms with van der Waals surface area (Å²) in [6.07, 6.45) is 2.67. The molecular weight excluding hydrogens is 442 g/mol. The van der Waals surface area contributed by atoms with Crippen LogP contribution in [0.1, 0.15) is 27.0 Å². The Hall–Kier alpha value is -3.85. The van der Waals surface area contributed by atoms with Crippen LogP contribution in [0.15, 0.2) is 71.8 Å². The Labute approximate surface area is 192 Å². The van der Waals surface area contributed by atoms with E-state index in [0.29, 0.717) is 22.7 Å². The molecule has 3 aromatic rings. The Kier molecular flexibility index (Phi) is 6.32. The van der Waals surface area contributed by atoms with Crippen molar-refractivity contribution in [2.45, 2.75) is 13.5 Å². The van der Waals surface area contributed by atoms with Gasteiger partial charge < -0.3 is 9.47 Å². The fourth-order valence-electron chi connectivity index (χ4n) is 3.34. The van der Waals surface area contributed by atoms with Gasteiger partial charge in [-0.2, -0.15) is 5.10 Å². The number of hydrazone groups is 1. The van der Waals surface area contributed by atoms with Crippen molar-refractivity contribution in [3.8, 4) is 11.5 Å². The molecule has 33 heavy (non-hydrogen) atoms. The van der Waals surface area contributed by atoms with Crippen molar-refractivity contribution >= 4 is 27.8 Å². The Morgan fingerprint density at radius 2 is 1.79 bits per heavy atom. The van der Waals surface area contributed by atoms with E-state index in [1.807, 2.05) is 31.2 Å². The van der Waals surface area contributed by atoms with Crippen LogP contribution in [0.4, 0.5) is 5.69 Å². The number of sulfonamides is 1. The van der Waals surface area contributed by atoms with E-state index >= 15 is 0 Å². The van der Waals surface area contributed by atoms with Crippen LogP contribution in [-0.2, 0) is 16.6 Å². The molecule has 0 unspecified atom stereocenters. The van der Waals surface area contributed by atoms with Crippen molar-refractivity contribution in [3.05, 3.63) is 89.0 Å². The summed E-state index contributed by atoms with van der Waals surface area (Å²) in [5, 5.41) is 3.98. The molecule has 4 rings (SSSR count). The number of carbonyl (C=O) groups is 1. The molecule has 1 aliphatic rings. The van der Waals surface area contributed by atoms with Gasteiger partial charge in [0.25, 0.3) is 5.91 Å². The number of anilines is 1. The zero-order chi connectivity index (χ0) is 23.4. The number of nitrogens with zero attached hydrogens (tertiary/aromatic N) is 2. The molecule has 0 saturated heterocycles. The van der Waals surface area contributed by atoms with Gasteiger partial charge in [-0.3, -0.25) is 9.10 Å². The number of ether oxygens (including phenoxy) is 2. The van der Waals surface area contributed by atoms with Gasteiger partial charge in [0.05, 0.1) is 24.7 Å².